The van der Waals surface area contributed by atoms with Crippen molar-refractivity contribution in [2.45, 2.75) is 43.1 Å². The van der Waals surface area contributed by atoms with E-state index in [-0.39, 0.29) is 22.3 Å². The maximum Gasteiger partial charge on any atom is 0.339 e. The lowest BCUT2D eigenvalue weighted by Crippen LogP contribution is -2.25. The predicted octanol–water partition coefficient (Wildman–Crippen LogP) is 2.23. The molecule has 2 rings (SSSR count). The van der Waals surface area contributed by atoms with E-state index in [1.54, 1.807) is 0 Å². The van der Waals surface area contributed by atoms with Crippen molar-refractivity contribution >= 4 is 15.8 Å². The van der Waals surface area contributed by atoms with E-state index in [1.807, 2.05) is 0 Å². The number of furan rings is 1. The summed E-state index contributed by atoms with van der Waals surface area (Å²) < 4.78 is 29.3. The summed E-state index contributed by atoms with van der Waals surface area (Å²) in [4.78, 5) is 10.9. The van der Waals surface area contributed by atoms with Crippen LogP contribution in [0.5, 0.6) is 0 Å². The molecule has 0 atom stereocenters. The molecule has 1 saturated carbocycles. The summed E-state index contributed by atoms with van der Waals surface area (Å²) in [6.07, 6.45) is 5.49. The summed E-state index contributed by atoms with van der Waals surface area (Å²) in [5, 5.41) is 8.56. The van der Waals surface area contributed by atoms with Crippen molar-refractivity contribution < 1.29 is 22.7 Å². The molecule has 1 aromatic heterocycles. The summed E-state index contributed by atoms with van der Waals surface area (Å²) in [6.45, 7) is 0. The first-order chi connectivity index (χ1) is 8.50. The van der Waals surface area contributed by atoms with Crippen LogP contribution in [-0.2, 0) is 15.6 Å². The molecular weight excluding hydrogens is 256 g/mol. The molecule has 0 aliphatic heterocycles. The first-order valence-electron chi connectivity index (χ1n) is 6.02. The lowest BCUT2D eigenvalue weighted by molar-refractivity contribution is 0.0695. The van der Waals surface area contributed by atoms with Crippen LogP contribution in [-0.4, -0.2) is 24.7 Å². The van der Waals surface area contributed by atoms with Gasteiger partial charge in [0.05, 0.1) is 11.5 Å². The number of aromatic carboxylic acids is 1. The van der Waals surface area contributed by atoms with E-state index in [9.17, 15) is 13.2 Å². The van der Waals surface area contributed by atoms with Crippen LogP contribution in [0.3, 0.4) is 0 Å². The highest BCUT2D eigenvalue weighted by Crippen LogP contribution is 2.27. The molecule has 1 N–H and O–H groups in total. The molecule has 1 aliphatic rings. The molecule has 18 heavy (non-hydrogen) atoms. The Hall–Kier alpha value is -1.30. The van der Waals surface area contributed by atoms with Crippen molar-refractivity contribution in [3.05, 3.63) is 23.7 Å². The van der Waals surface area contributed by atoms with Gasteiger partial charge in [0.15, 0.2) is 9.84 Å². The van der Waals surface area contributed by atoms with Crippen LogP contribution in [0.4, 0.5) is 0 Å². The van der Waals surface area contributed by atoms with Crippen LogP contribution in [0.25, 0.3) is 0 Å². The molecule has 5 nitrogen and oxygen atoms in total. The van der Waals surface area contributed by atoms with Gasteiger partial charge in [0.2, 0.25) is 0 Å². The van der Waals surface area contributed by atoms with E-state index in [0.29, 0.717) is 12.8 Å². The van der Waals surface area contributed by atoms with Gasteiger partial charge in [-0.2, -0.15) is 0 Å². The van der Waals surface area contributed by atoms with Crippen molar-refractivity contribution in [2.75, 3.05) is 0 Å². The maximum absolute atomic E-state index is 12.2. The Balaban J connectivity index is 2.16. The van der Waals surface area contributed by atoms with Crippen LogP contribution >= 0.6 is 0 Å². The first-order valence-corrected chi connectivity index (χ1v) is 7.73. The minimum Gasteiger partial charge on any atom is -0.478 e. The van der Waals surface area contributed by atoms with Gasteiger partial charge in [-0.3, -0.25) is 0 Å². The molecule has 0 spiro atoms. The standard InChI is InChI=1S/C12H16O5S/c13-12(14)10-6-7-17-11(10)8-18(15,16)9-4-2-1-3-5-9/h6-7,9H,1-5,8H2,(H,13,14). The normalized spacial score (nSPS) is 17.8. The molecule has 100 valence electrons. The smallest absolute Gasteiger partial charge is 0.339 e. The third-order valence-corrected chi connectivity index (χ3v) is 5.52. The monoisotopic (exact) mass is 272 g/mol. The van der Waals surface area contributed by atoms with Crippen LogP contribution in [0, 0.1) is 0 Å². The Labute approximate surface area is 106 Å². The Morgan fingerprint density at radius 2 is 2.00 bits per heavy atom. The average molecular weight is 272 g/mol. The molecule has 0 unspecified atom stereocenters. The zero-order chi connectivity index (χ0) is 13.2. The number of carboxylic acid groups (broad SMARTS) is 1. The van der Waals surface area contributed by atoms with Crippen molar-refractivity contribution in [1.82, 2.24) is 0 Å². The molecule has 1 aromatic rings. The van der Waals surface area contributed by atoms with Crippen molar-refractivity contribution in [1.29, 1.82) is 0 Å². The van der Waals surface area contributed by atoms with E-state index in [0.717, 1.165) is 19.3 Å². The number of carboxylic acids is 1. The highest BCUT2D eigenvalue weighted by Gasteiger charge is 2.30. The van der Waals surface area contributed by atoms with E-state index in [1.165, 1.54) is 12.3 Å². The van der Waals surface area contributed by atoms with E-state index in [4.69, 9.17) is 9.52 Å². The van der Waals surface area contributed by atoms with Gasteiger partial charge in [0.25, 0.3) is 0 Å². The number of sulfone groups is 1. The van der Waals surface area contributed by atoms with Crippen LogP contribution in [0.2, 0.25) is 0 Å². The fourth-order valence-electron chi connectivity index (χ4n) is 2.37. The van der Waals surface area contributed by atoms with Gasteiger partial charge in [0, 0.05) is 0 Å². The SMILES string of the molecule is O=C(O)c1ccoc1CS(=O)(=O)C1CCCCC1. The molecule has 1 aliphatic carbocycles. The molecule has 0 saturated heterocycles. The van der Waals surface area contributed by atoms with E-state index < -0.39 is 15.8 Å². The maximum atomic E-state index is 12.2. The summed E-state index contributed by atoms with van der Waals surface area (Å²) in [6, 6.07) is 1.29. The predicted molar refractivity (Wildman–Crippen MR) is 65.2 cm³/mol. The fourth-order valence-corrected chi connectivity index (χ4v) is 4.24. The molecule has 0 radical (unpaired) electrons. The van der Waals surface area contributed by atoms with Gasteiger partial charge in [-0.15, -0.1) is 0 Å². The Morgan fingerprint density at radius 1 is 1.33 bits per heavy atom. The number of hydrogen-bond donors (Lipinski definition) is 1. The van der Waals surface area contributed by atoms with E-state index in [2.05, 4.69) is 0 Å². The van der Waals surface area contributed by atoms with Crippen molar-refractivity contribution in [3.8, 4) is 0 Å². The zero-order valence-electron chi connectivity index (χ0n) is 9.96. The molecule has 6 heteroatoms. The Bertz CT molecular complexity index is 522. The Morgan fingerprint density at radius 3 is 2.61 bits per heavy atom. The van der Waals surface area contributed by atoms with Crippen molar-refractivity contribution in [3.63, 3.8) is 0 Å². The van der Waals surface area contributed by atoms with Gasteiger partial charge in [0.1, 0.15) is 17.1 Å². The first kappa shape index (κ1) is 13.1. The zero-order valence-corrected chi connectivity index (χ0v) is 10.8. The average Bonchev–Trinajstić information content (AvgIpc) is 2.78. The second-order valence-corrected chi connectivity index (χ2v) is 6.91. The quantitative estimate of drug-likeness (QED) is 0.908. The van der Waals surface area contributed by atoms with Crippen molar-refractivity contribution in [2.24, 2.45) is 0 Å². The Kier molecular flexibility index (Phi) is 3.75. The van der Waals surface area contributed by atoms with Gasteiger partial charge >= 0.3 is 5.97 Å². The third kappa shape index (κ3) is 2.75. The van der Waals surface area contributed by atoms with E-state index >= 15 is 0 Å². The van der Waals surface area contributed by atoms with Gasteiger partial charge in [-0.25, -0.2) is 13.2 Å². The molecule has 1 fully saturated rings. The van der Waals surface area contributed by atoms with Crippen LogP contribution in [0.1, 0.15) is 48.2 Å². The largest absolute Gasteiger partial charge is 0.478 e. The van der Waals surface area contributed by atoms with Gasteiger partial charge in [-0.05, 0) is 18.9 Å². The van der Waals surface area contributed by atoms with Gasteiger partial charge < -0.3 is 9.52 Å². The summed E-state index contributed by atoms with van der Waals surface area (Å²) in [7, 11) is -3.32. The van der Waals surface area contributed by atoms with Gasteiger partial charge in [-0.1, -0.05) is 19.3 Å². The summed E-state index contributed by atoms with van der Waals surface area (Å²) in [5.41, 5.74) is -0.0608. The highest BCUT2D eigenvalue weighted by atomic mass is 32.2. The van der Waals surface area contributed by atoms with Crippen LogP contribution < -0.4 is 0 Å². The molecule has 1 heterocycles. The molecular formula is C12H16O5S. The minimum atomic E-state index is -3.32. The number of rotatable bonds is 4. The lowest BCUT2D eigenvalue weighted by Gasteiger charge is -2.21. The molecule has 0 bridgehead atoms. The lowest BCUT2D eigenvalue weighted by atomic mass is 10.0. The number of carbonyl (C=O) groups is 1. The molecule has 0 aromatic carbocycles. The minimum absolute atomic E-state index is 0.0353. The molecule has 0 amide bonds. The second kappa shape index (κ2) is 5.14. The summed E-state index contributed by atoms with van der Waals surface area (Å²) in [5.74, 6) is -1.43. The fraction of sp³-hybridized carbons (Fsp3) is 0.583. The topological polar surface area (TPSA) is 84.6 Å². The third-order valence-electron chi connectivity index (χ3n) is 3.37. The number of hydrogen-bond acceptors (Lipinski definition) is 4. The van der Waals surface area contributed by atoms with Crippen LogP contribution in [0.15, 0.2) is 16.7 Å². The summed E-state index contributed by atoms with van der Waals surface area (Å²) >= 11 is 0. The second-order valence-electron chi connectivity index (χ2n) is 4.63. The highest BCUT2D eigenvalue weighted by molar-refractivity contribution is 7.91.